The van der Waals surface area contributed by atoms with Crippen LogP contribution >= 0.6 is 12.2 Å². The van der Waals surface area contributed by atoms with E-state index in [0.717, 1.165) is 23.4 Å². The summed E-state index contributed by atoms with van der Waals surface area (Å²) in [5.41, 5.74) is 7.64. The molecule has 1 aromatic carbocycles. The SMILES string of the molecule is Cc1nn(-c2c(F)cc(C(N)=S)cc2F)c(C)c1C. The van der Waals surface area contributed by atoms with E-state index in [4.69, 9.17) is 18.0 Å². The van der Waals surface area contributed by atoms with E-state index < -0.39 is 11.6 Å². The minimum absolute atomic E-state index is 0.0473. The number of halogens is 2. The minimum Gasteiger partial charge on any atom is -0.389 e. The third-order valence-corrected chi connectivity index (χ3v) is 3.40. The zero-order valence-corrected chi connectivity index (χ0v) is 11.6. The Hall–Kier alpha value is -1.82. The molecule has 0 saturated heterocycles. The standard InChI is InChI=1S/C13H13F2N3S/c1-6-7(2)17-18(8(6)3)12-10(14)4-9(13(16)19)5-11(12)15/h4-5H,1-3H3,(H2,16,19). The molecule has 1 heterocycles. The smallest absolute Gasteiger partial charge is 0.152 e. The molecule has 2 aromatic rings. The van der Waals surface area contributed by atoms with Crippen LogP contribution in [0.2, 0.25) is 0 Å². The number of nitrogens with zero attached hydrogens (tertiary/aromatic N) is 2. The number of hydrogen-bond donors (Lipinski definition) is 1. The van der Waals surface area contributed by atoms with Gasteiger partial charge in [0.1, 0.15) is 10.7 Å². The summed E-state index contributed by atoms with van der Waals surface area (Å²) >= 11 is 4.71. The van der Waals surface area contributed by atoms with Gasteiger partial charge in [0.25, 0.3) is 0 Å². The molecule has 0 unspecified atom stereocenters. The Bertz CT molecular complexity index is 654. The van der Waals surface area contributed by atoms with Crippen LogP contribution in [-0.2, 0) is 0 Å². The number of rotatable bonds is 2. The first-order valence-electron chi connectivity index (χ1n) is 5.65. The molecule has 100 valence electrons. The van der Waals surface area contributed by atoms with E-state index in [9.17, 15) is 8.78 Å². The fourth-order valence-electron chi connectivity index (χ4n) is 1.85. The monoisotopic (exact) mass is 281 g/mol. The summed E-state index contributed by atoms with van der Waals surface area (Å²) in [7, 11) is 0. The fourth-order valence-corrected chi connectivity index (χ4v) is 1.97. The Labute approximate surface area is 115 Å². The van der Waals surface area contributed by atoms with Crippen molar-refractivity contribution >= 4 is 17.2 Å². The van der Waals surface area contributed by atoms with Crippen LogP contribution in [0.1, 0.15) is 22.5 Å². The van der Waals surface area contributed by atoms with E-state index in [2.05, 4.69) is 5.10 Å². The van der Waals surface area contributed by atoms with Crippen molar-refractivity contribution in [1.82, 2.24) is 9.78 Å². The molecular formula is C13H13F2N3S. The normalized spacial score (nSPS) is 10.8. The Morgan fingerprint density at radius 3 is 2.11 bits per heavy atom. The molecule has 0 amide bonds. The lowest BCUT2D eigenvalue weighted by Gasteiger charge is -2.09. The first kappa shape index (κ1) is 13.6. The number of aromatic nitrogens is 2. The highest BCUT2D eigenvalue weighted by Gasteiger charge is 2.18. The molecule has 3 nitrogen and oxygen atoms in total. The van der Waals surface area contributed by atoms with Crippen LogP contribution in [0.4, 0.5) is 8.78 Å². The second-order valence-corrected chi connectivity index (χ2v) is 4.80. The Balaban J connectivity index is 2.69. The van der Waals surface area contributed by atoms with Gasteiger partial charge in [-0.3, -0.25) is 0 Å². The van der Waals surface area contributed by atoms with Gasteiger partial charge in [-0.05, 0) is 38.5 Å². The van der Waals surface area contributed by atoms with E-state index in [-0.39, 0.29) is 16.2 Å². The van der Waals surface area contributed by atoms with Crippen LogP contribution in [-0.4, -0.2) is 14.8 Å². The van der Waals surface area contributed by atoms with Crippen LogP contribution in [0.5, 0.6) is 0 Å². The average molecular weight is 281 g/mol. The Morgan fingerprint density at radius 2 is 1.74 bits per heavy atom. The highest BCUT2D eigenvalue weighted by atomic mass is 32.1. The van der Waals surface area contributed by atoms with E-state index in [0.29, 0.717) is 5.69 Å². The molecule has 19 heavy (non-hydrogen) atoms. The molecule has 0 aliphatic heterocycles. The first-order chi connectivity index (χ1) is 8.82. The summed E-state index contributed by atoms with van der Waals surface area (Å²) in [6, 6.07) is 2.24. The fraction of sp³-hybridized carbons (Fsp3) is 0.231. The average Bonchev–Trinajstić information content (AvgIpc) is 2.56. The third-order valence-electron chi connectivity index (χ3n) is 3.17. The zero-order valence-electron chi connectivity index (χ0n) is 10.8. The summed E-state index contributed by atoms with van der Waals surface area (Å²) < 4.78 is 29.4. The van der Waals surface area contributed by atoms with Gasteiger partial charge in [-0.2, -0.15) is 5.10 Å². The van der Waals surface area contributed by atoms with Crippen LogP contribution in [0.15, 0.2) is 12.1 Å². The summed E-state index contributed by atoms with van der Waals surface area (Å²) in [5, 5.41) is 4.15. The van der Waals surface area contributed by atoms with Crippen LogP contribution in [0.3, 0.4) is 0 Å². The van der Waals surface area contributed by atoms with Crippen molar-refractivity contribution < 1.29 is 8.78 Å². The molecule has 0 aliphatic carbocycles. The number of aryl methyl sites for hydroxylation is 1. The summed E-state index contributed by atoms with van der Waals surface area (Å²) in [5.74, 6) is -1.48. The molecule has 0 bridgehead atoms. The van der Waals surface area contributed by atoms with Crippen LogP contribution in [0, 0.1) is 32.4 Å². The molecule has 1 aromatic heterocycles. The molecule has 0 radical (unpaired) electrons. The van der Waals surface area contributed by atoms with Crippen LogP contribution < -0.4 is 5.73 Å². The lowest BCUT2D eigenvalue weighted by Crippen LogP contribution is -2.13. The molecule has 6 heteroatoms. The second-order valence-electron chi connectivity index (χ2n) is 4.36. The third kappa shape index (κ3) is 2.23. The van der Waals surface area contributed by atoms with Gasteiger partial charge in [-0.15, -0.1) is 0 Å². The molecular weight excluding hydrogens is 268 g/mol. The Kier molecular flexibility index (Phi) is 3.36. The second kappa shape index (κ2) is 4.70. The quantitative estimate of drug-likeness (QED) is 0.861. The van der Waals surface area contributed by atoms with E-state index >= 15 is 0 Å². The largest absolute Gasteiger partial charge is 0.389 e. The zero-order chi connectivity index (χ0) is 14.3. The molecule has 0 spiro atoms. The van der Waals surface area contributed by atoms with Gasteiger partial charge in [-0.1, -0.05) is 12.2 Å². The lowest BCUT2D eigenvalue weighted by molar-refractivity contribution is 0.556. The molecule has 0 aliphatic rings. The summed E-state index contributed by atoms with van der Waals surface area (Å²) in [6.07, 6.45) is 0. The van der Waals surface area contributed by atoms with Crippen molar-refractivity contribution in [3.8, 4) is 5.69 Å². The molecule has 2 N–H and O–H groups in total. The van der Waals surface area contributed by atoms with Crippen molar-refractivity contribution in [3.63, 3.8) is 0 Å². The Morgan fingerprint density at radius 1 is 1.21 bits per heavy atom. The maximum atomic E-state index is 14.1. The number of thiocarbonyl (C=S) groups is 1. The predicted octanol–water partition coefficient (Wildman–Crippen LogP) is 2.71. The maximum Gasteiger partial charge on any atom is 0.152 e. The number of benzene rings is 1. The van der Waals surface area contributed by atoms with Gasteiger partial charge in [0.15, 0.2) is 11.6 Å². The van der Waals surface area contributed by atoms with Crippen molar-refractivity contribution in [3.05, 3.63) is 46.3 Å². The van der Waals surface area contributed by atoms with Gasteiger partial charge < -0.3 is 5.73 Å². The summed E-state index contributed by atoms with van der Waals surface area (Å²) in [4.78, 5) is -0.0473. The molecule has 2 rings (SSSR count). The molecule has 0 saturated carbocycles. The predicted molar refractivity (Wildman–Crippen MR) is 73.6 cm³/mol. The highest BCUT2D eigenvalue weighted by molar-refractivity contribution is 7.80. The van der Waals surface area contributed by atoms with Gasteiger partial charge in [0.05, 0.1) is 5.69 Å². The molecule has 0 fully saturated rings. The van der Waals surface area contributed by atoms with Gasteiger partial charge in [0.2, 0.25) is 0 Å². The van der Waals surface area contributed by atoms with E-state index in [1.54, 1.807) is 13.8 Å². The highest BCUT2D eigenvalue weighted by Crippen LogP contribution is 2.23. The van der Waals surface area contributed by atoms with E-state index in [1.807, 2.05) is 6.92 Å². The van der Waals surface area contributed by atoms with Gasteiger partial charge in [0, 0.05) is 11.3 Å². The van der Waals surface area contributed by atoms with Crippen molar-refractivity contribution in [1.29, 1.82) is 0 Å². The minimum atomic E-state index is -0.742. The topological polar surface area (TPSA) is 43.8 Å². The van der Waals surface area contributed by atoms with Crippen molar-refractivity contribution in [2.24, 2.45) is 5.73 Å². The van der Waals surface area contributed by atoms with Crippen molar-refractivity contribution in [2.45, 2.75) is 20.8 Å². The van der Waals surface area contributed by atoms with Gasteiger partial charge in [-0.25, -0.2) is 13.5 Å². The maximum absolute atomic E-state index is 14.1. The first-order valence-corrected chi connectivity index (χ1v) is 6.05. The van der Waals surface area contributed by atoms with Crippen LogP contribution in [0.25, 0.3) is 5.69 Å². The van der Waals surface area contributed by atoms with Gasteiger partial charge >= 0.3 is 0 Å². The number of hydrogen-bond acceptors (Lipinski definition) is 2. The lowest BCUT2D eigenvalue weighted by atomic mass is 10.1. The number of nitrogens with two attached hydrogens (primary N) is 1. The van der Waals surface area contributed by atoms with E-state index in [1.165, 1.54) is 4.68 Å². The van der Waals surface area contributed by atoms with Crippen molar-refractivity contribution in [2.75, 3.05) is 0 Å². The molecule has 0 atom stereocenters. The summed E-state index contributed by atoms with van der Waals surface area (Å²) in [6.45, 7) is 5.40.